The number of rotatable bonds is 3. The predicted molar refractivity (Wildman–Crippen MR) is 110 cm³/mol. The lowest BCUT2D eigenvalue weighted by atomic mass is 10.1. The summed E-state index contributed by atoms with van der Waals surface area (Å²) in [4.78, 5) is 17.3. The molecule has 0 atom stereocenters. The summed E-state index contributed by atoms with van der Waals surface area (Å²) in [6.45, 7) is 8.08. The highest BCUT2D eigenvalue weighted by atomic mass is 32.1. The van der Waals surface area contributed by atoms with E-state index in [9.17, 15) is 4.79 Å². The third-order valence-electron chi connectivity index (χ3n) is 4.56. The van der Waals surface area contributed by atoms with Crippen LogP contribution in [0.5, 0.6) is 0 Å². The van der Waals surface area contributed by atoms with Crippen LogP contribution < -0.4 is 5.32 Å². The third-order valence-corrected chi connectivity index (χ3v) is 5.55. The number of anilines is 1. The lowest BCUT2D eigenvalue weighted by Crippen LogP contribution is -2.15. The number of carbonyl (C=O) groups is 1. The quantitative estimate of drug-likeness (QED) is 0.549. The summed E-state index contributed by atoms with van der Waals surface area (Å²) in [5.41, 5.74) is 5.95. The van der Waals surface area contributed by atoms with Gasteiger partial charge in [-0.2, -0.15) is 9.78 Å². The fraction of sp³-hybridized carbons (Fsp3) is 0.190. The summed E-state index contributed by atoms with van der Waals surface area (Å²) in [5.74, 6) is 0.453. The van der Waals surface area contributed by atoms with E-state index in [2.05, 4.69) is 36.4 Å². The van der Waals surface area contributed by atoms with Gasteiger partial charge in [0.15, 0.2) is 0 Å². The number of aryl methyl sites for hydroxylation is 4. The van der Waals surface area contributed by atoms with E-state index in [4.69, 9.17) is 4.98 Å². The van der Waals surface area contributed by atoms with Crippen molar-refractivity contribution < 1.29 is 4.79 Å². The van der Waals surface area contributed by atoms with Gasteiger partial charge in [-0.25, -0.2) is 4.98 Å². The molecule has 0 unspecified atom stereocenters. The van der Waals surface area contributed by atoms with Crippen LogP contribution in [0.25, 0.3) is 15.3 Å². The van der Waals surface area contributed by atoms with Crippen molar-refractivity contribution in [3.05, 3.63) is 70.4 Å². The Morgan fingerprint density at radius 1 is 1.00 bits per heavy atom. The number of nitrogens with zero attached hydrogens (tertiary/aromatic N) is 3. The lowest BCUT2D eigenvalue weighted by Gasteiger charge is -2.06. The van der Waals surface area contributed by atoms with E-state index in [1.807, 2.05) is 44.2 Å². The molecule has 2 aromatic heterocycles. The Bertz CT molecular complexity index is 1120. The fourth-order valence-electron chi connectivity index (χ4n) is 2.89. The van der Waals surface area contributed by atoms with E-state index in [0.29, 0.717) is 11.4 Å². The summed E-state index contributed by atoms with van der Waals surface area (Å²) in [5, 5.41) is 8.23. The first-order valence-electron chi connectivity index (χ1n) is 8.73. The van der Waals surface area contributed by atoms with Crippen molar-refractivity contribution in [1.29, 1.82) is 0 Å². The summed E-state index contributed by atoms with van der Waals surface area (Å²) in [6, 6.07) is 13.6. The van der Waals surface area contributed by atoms with Crippen molar-refractivity contribution in [1.82, 2.24) is 14.8 Å². The number of amides is 1. The molecule has 0 radical (unpaired) electrons. The second-order valence-corrected chi connectivity index (χ2v) is 7.81. The summed E-state index contributed by atoms with van der Waals surface area (Å²) >= 11 is 1.56. The molecule has 0 saturated carbocycles. The second-order valence-electron chi connectivity index (χ2n) is 6.80. The van der Waals surface area contributed by atoms with Crippen LogP contribution in [-0.4, -0.2) is 20.7 Å². The maximum absolute atomic E-state index is 12.6. The summed E-state index contributed by atoms with van der Waals surface area (Å²) in [6.07, 6.45) is 0. The van der Waals surface area contributed by atoms with E-state index in [0.717, 1.165) is 26.6 Å². The van der Waals surface area contributed by atoms with Crippen LogP contribution in [0.15, 0.2) is 42.5 Å². The minimum Gasteiger partial charge on any atom is -0.306 e. The predicted octanol–water partition coefficient (Wildman–Crippen LogP) is 4.97. The minimum absolute atomic E-state index is 0.163. The van der Waals surface area contributed by atoms with Gasteiger partial charge >= 0.3 is 0 Å². The second kappa shape index (κ2) is 6.63. The number of thiazole rings is 1. The molecule has 2 heterocycles. The van der Waals surface area contributed by atoms with Gasteiger partial charge in [0.25, 0.3) is 5.91 Å². The maximum atomic E-state index is 12.6. The van der Waals surface area contributed by atoms with E-state index in [1.54, 1.807) is 16.0 Å². The van der Waals surface area contributed by atoms with E-state index >= 15 is 0 Å². The molecule has 1 N–H and O–H groups in total. The van der Waals surface area contributed by atoms with Crippen molar-refractivity contribution in [2.24, 2.45) is 0 Å². The van der Waals surface area contributed by atoms with E-state index in [1.165, 1.54) is 11.1 Å². The normalized spacial score (nSPS) is 11.1. The molecule has 4 aromatic rings. The molecule has 0 bridgehead atoms. The Kier molecular flexibility index (Phi) is 4.28. The maximum Gasteiger partial charge on any atom is 0.256 e. The molecule has 0 fully saturated rings. The Morgan fingerprint density at radius 3 is 2.44 bits per heavy atom. The largest absolute Gasteiger partial charge is 0.306 e. The standard InChI is InChI=1S/C21H20N4OS/c1-12-5-7-16(8-6-12)20(26)23-19-11-15(4)24-25(19)21-22-17-9-13(2)14(3)10-18(17)27-21/h5-11H,1-4H3,(H,23,26). The van der Waals surface area contributed by atoms with Gasteiger partial charge in [0.2, 0.25) is 5.13 Å². The average Bonchev–Trinajstić information content (AvgIpc) is 3.18. The zero-order valence-electron chi connectivity index (χ0n) is 15.7. The van der Waals surface area contributed by atoms with Crippen LogP contribution >= 0.6 is 11.3 Å². The van der Waals surface area contributed by atoms with Crippen molar-refractivity contribution in [2.75, 3.05) is 5.32 Å². The zero-order chi connectivity index (χ0) is 19.1. The fourth-order valence-corrected chi connectivity index (χ4v) is 3.90. The molecule has 0 aliphatic rings. The van der Waals surface area contributed by atoms with Crippen LogP contribution in [-0.2, 0) is 0 Å². The van der Waals surface area contributed by atoms with Crippen LogP contribution in [0, 0.1) is 27.7 Å². The SMILES string of the molecule is Cc1ccc(C(=O)Nc2cc(C)nn2-c2nc3cc(C)c(C)cc3s2)cc1. The zero-order valence-corrected chi connectivity index (χ0v) is 16.5. The first kappa shape index (κ1) is 17.4. The minimum atomic E-state index is -0.163. The van der Waals surface area contributed by atoms with Gasteiger partial charge in [-0.05, 0) is 63.1 Å². The molecule has 0 aliphatic carbocycles. The average molecular weight is 376 g/mol. The number of carbonyl (C=O) groups excluding carboxylic acids is 1. The Labute approximate surface area is 161 Å². The molecular weight excluding hydrogens is 356 g/mol. The monoisotopic (exact) mass is 376 g/mol. The number of hydrogen-bond donors (Lipinski definition) is 1. The summed E-state index contributed by atoms with van der Waals surface area (Å²) < 4.78 is 2.81. The molecule has 4 rings (SSSR count). The molecule has 0 spiro atoms. The Hall–Kier alpha value is -2.99. The molecule has 2 aromatic carbocycles. The topological polar surface area (TPSA) is 59.8 Å². The highest BCUT2D eigenvalue weighted by Crippen LogP contribution is 2.29. The van der Waals surface area contributed by atoms with Crippen LogP contribution in [0.1, 0.15) is 32.7 Å². The highest BCUT2D eigenvalue weighted by molar-refractivity contribution is 7.20. The number of benzene rings is 2. The van der Waals surface area contributed by atoms with E-state index < -0.39 is 0 Å². The molecular formula is C21H20N4OS. The molecule has 5 nitrogen and oxygen atoms in total. The van der Waals surface area contributed by atoms with E-state index in [-0.39, 0.29) is 5.91 Å². The van der Waals surface area contributed by atoms with Crippen molar-refractivity contribution in [3.8, 4) is 5.13 Å². The Morgan fingerprint density at radius 2 is 1.70 bits per heavy atom. The van der Waals surface area contributed by atoms with Gasteiger partial charge in [0, 0.05) is 11.6 Å². The van der Waals surface area contributed by atoms with Gasteiger partial charge in [-0.15, -0.1) is 0 Å². The number of fused-ring (bicyclic) bond motifs is 1. The van der Waals surface area contributed by atoms with Gasteiger partial charge in [-0.3, -0.25) is 4.79 Å². The highest BCUT2D eigenvalue weighted by Gasteiger charge is 2.16. The third kappa shape index (κ3) is 3.36. The van der Waals surface area contributed by atoms with Crippen LogP contribution in [0.2, 0.25) is 0 Å². The van der Waals surface area contributed by atoms with Gasteiger partial charge in [0.05, 0.1) is 15.9 Å². The molecule has 27 heavy (non-hydrogen) atoms. The lowest BCUT2D eigenvalue weighted by molar-refractivity contribution is 0.102. The first-order chi connectivity index (χ1) is 12.9. The van der Waals surface area contributed by atoms with Gasteiger partial charge in [0.1, 0.15) is 5.82 Å². The Balaban J connectivity index is 1.70. The molecule has 0 aliphatic heterocycles. The van der Waals surface area contributed by atoms with Crippen molar-refractivity contribution >= 4 is 33.3 Å². The number of aromatic nitrogens is 3. The first-order valence-corrected chi connectivity index (χ1v) is 9.55. The van der Waals surface area contributed by atoms with Crippen molar-refractivity contribution in [3.63, 3.8) is 0 Å². The summed E-state index contributed by atoms with van der Waals surface area (Å²) in [7, 11) is 0. The van der Waals surface area contributed by atoms with Crippen molar-refractivity contribution in [2.45, 2.75) is 27.7 Å². The molecule has 6 heteroatoms. The number of hydrogen-bond acceptors (Lipinski definition) is 4. The molecule has 136 valence electrons. The van der Waals surface area contributed by atoms with Crippen LogP contribution in [0.4, 0.5) is 5.82 Å². The van der Waals surface area contributed by atoms with Crippen LogP contribution in [0.3, 0.4) is 0 Å². The number of nitrogens with one attached hydrogen (secondary N) is 1. The molecule has 1 amide bonds. The van der Waals surface area contributed by atoms with Gasteiger partial charge in [-0.1, -0.05) is 29.0 Å². The van der Waals surface area contributed by atoms with Gasteiger partial charge < -0.3 is 5.32 Å². The smallest absolute Gasteiger partial charge is 0.256 e. The molecule has 0 saturated heterocycles.